The molecule has 0 radical (unpaired) electrons. The highest BCUT2D eigenvalue weighted by molar-refractivity contribution is 6.74. The van der Waals surface area contributed by atoms with Gasteiger partial charge in [0, 0.05) is 5.56 Å². The molecule has 2 aromatic rings. The summed E-state index contributed by atoms with van der Waals surface area (Å²) in [6, 6.07) is 19.3. The zero-order valence-corrected chi connectivity index (χ0v) is 20.5. The fourth-order valence-electron chi connectivity index (χ4n) is 3.97. The van der Waals surface area contributed by atoms with Gasteiger partial charge in [-0.1, -0.05) is 81.4 Å². The molecule has 1 saturated carbocycles. The Balaban J connectivity index is 1.51. The molecule has 0 spiro atoms. The van der Waals surface area contributed by atoms with Crippen molar-refractivity contribution in [2.45, 2.75) is 82.3 Å². The molecule has 1 heterocycles. The normalized spacial score (nSPS) is 30.4. The van der Waals surface area contributed by atoms with Gasteiger partial charge >= 0.3 is 0 Å². The predicted octanol–water partition coefficient (Wildman–Crippen LogP) is 4.32. The molecule has 6 atom stereocenters. The molecule has 174 valence electrons. The number of fused-ring (bicyclic) bond motifs is 1. The summed E-state index contributed by atoms with van der Waals surface area (Å²) in [5.74, 6) is 0. The lowest BCUT2D eigenvalue weighted by molar-refractivity contribution is -0.132. The van der Waals surface area contributed by atoms with Crippen molar-refractivity contribution in [2.75, 3.05) is 0 Å². The first-order valence-electron chi connectivity index (χ1n) is 11.3. The summed E-state index contributed by atoms with van der Waals surface area (Å²) < 4.78 is 19.3. The Morgan fingerprint density at radius 1 is 0.938 bits per heavy atom. The van der Waals surface area contributed by atoms with Crippen molar-refractivity contribution < 1.29 is 23.8 Å². The Bertz CT molecular complexity index is 873. The van der Waals surface area contributed by atoms with Gasteiger partial charge in [0.25, 0.3) is 0 Å². The Kier molecular flexibility index (Phi) is 6.88. The van der Waals surface area contributed by atoms with E-state index in [2.05, 4.69) is 39.3 Å². The minimum Gasteiger partial charge on any atom is -0.409 e. The largest absolute Gasteiger partial charge is 0.409 e. The number of nitrogens with one attached hydrogen (secondary N) is 1. The Morgan fingerprint density at radius 3 is 2.16 bits per heavy atom. The highest BCUT2D eigenvalue weighted by Crippen LogP contribution is 2.45. The van der Waals surface area contributed by atoms with Crippen molar-refractivity contribution in [1.82, 2.24) is 5.48 Å². The van der Waals surface area contributed by atoms with Crippen LogP contribution in [0.3, 0.4) is 0 Å². The van der Waals surface area contributed by atoms with Gasteiger partial charge < -0.3 is 19.0 Å². The molecule has 7 heteroatoms. The maximum absolute atomic E-state index is 11.2. The van der Waals surface area contributed by atoms with Gasteiger partial charge in [0.05, 0.1) is 18.8 Å². The summed E-state index contributed by atoms with van der Waals surface area (Å²) in [6.45, 7) is 11.4. The van der Waals surface area contributed by atoms with Crippen LogP contribution in [0.1, 0.15) is 38.2 Å². The highest BCUT2D eigenvalue weighted by atomic mass is 28.4. The lowest BCUT2D eigenvalue weighted by Gasteiger charge is -2.41. The third-order valence-corrected chi connectivity index (χ3v) is 11.4. The monoisotopic (exact) mass is 457 g/mol. The van der Waals surface area contributed by atoms with Crippen molar-refractivity contribution in [3.05, 3.63) is 71.8 Å². The SMILES string of the molecule is CC(C)(C)[Si](C)(C)O[C@H]1[C@H](NOCc2ccccc2)[C@H](O)[C@H]2O[C@@H](c3ccccc3)O[C@H]21. The summed E-state index contributed by atoms with van der Waals surface area (Å²) in [4.78, 5) is 5.80. The van der Waals surface area contributed by atoms with Gasteiger partial charge in [0.2, 0.25) is 0 Å². The van der Waals surface area contributed by atoms with Gasteiger partial charge in [0.15, 0.2) is 14.6 Å². The molecule has 2 aromatic carbocycles. The van der Waals surface area contributed by atoms with E-state index in [-0.39, 0.29) is 17.2 Å². The van der Waals surface area contributed by atoms with E-state index in [0.29, 0.717) is 6.61 Å². The Hall–Kier alpha value is -1.58. The first kappa shape index (κ1) is 23.6. The summed E-state index contributed by atoms with van der Waals surface area (Å²) >= 11 is 0. The molecule has 2 N–H and O–H groups in total. The summed E-state index contributed by atoms with van der Waals surface area (Å²) in [6.07, 6.45) is -2.60. The minimum atomic E-state index is -2.15. The van der Waals surface area contributed by atoms with Crippen LogP contribution in [0.5, 0.6) is 0 Å². The summed E-state index contributed by atoms with van der Waals surface area (Å²) in [7, 11) is -2.15. The fourth-order valence-corrected chi connectivity index (χ4v) is 5.29. The van der Waals surface area contributed by atoms with Gasteiger partial charge in [-0.05, 0) is 23.7 Å². The molecular formula is C25H35NO5Si. The Morgan fingerprint density at radius 2 is 1.53 bits per heavy atom. The zero-order valence-electron chi connectivity index (χ0n) is 19.5. The highest BCUT2D eigenvalue weighted by Gasteiger charge is 2.59. The number of hydrogen-bond acceptors (Lipinski definition) is 6. The van der Waals surface area contributed by atoms with Gasteiger partial charge in [-0.25, -0.2) is 0 Å². The first-order valence-corrected chi connectivity index (χ1v) is 14.2. The molecule has 0 unspecified atom stereocenters. The smallest absolute Gasteiger partial charge is 0.192 e. The van der Waals surface area contributed by atoms with Crippen LogP contribution in [0.2, 0.25) is 18.1 Å². The number of aliphatic hydroxyl groups is 1. The molecule has 0 aromatic heterocycles. The van der Waals surface area contributed by atoms with Crippen LogP contribution in [-0.2, 0) is 25.3 Å². The molecule has 0 bridgehead atoms. The molecule has 1 aliphatic heterocycles. The molecular weight excluding hydrogens is 422 g/mol. The van der Waals surface area contributed by atoms with Crippen molar-refractivity contribution in [3.8, 4) is 0 Å². The second kappa shape index (κ2) is 9.35. The predicted molar refractivity (Wildman–Crippen MR) is 125 cm³/mol. The molecule has 4 rings (SSSR count). The number of benzene rings is 2. The second-order valence-electron chi connectivity index (χ2n) is 10.2. The van der Waals surface area contributed by atoms with E-state index >= 15 is 0 Å². The van der Waals surface area contributed by atoms with Gasteiger partial charge in [0.1, 0.15) is 18.3 Å². The number of rotatable bonds is 7. The van der Waals surface area contributed by atoms with E-state index in [1.165, 1.54) is 0 Å². The molecule has 1 saturated heterocycles. The molecule has 0 amide bonds. The average Bonchev–Trinajstić information content (AvgIpc) is 3.29. The van der Waals surface area contributed by atoms with E-state index < -0.39 is 32.9 Å². The zero-order chi connectivity index (χ0) is 22.9. The topological polar surface area (TPSA) is 69.2 Å². The minimum absolute atomic E-state index is 0.0176. The van der Waals surface area contributed by atoms with Crippen molar-refractivity contribution in [2.24, 2.45) is 0 Å². The van der Waals surface area contributed by atoms with Gasteiger partial charge in [-0.15, -0.1) is 0 Å². The van der Waals surface area contributed by atoms with Crippen LogP contribution in [0.25, 0.3) is 0 Å². The van der Waals surface area contributed by atoms with E-state index in [4.69, 9.17) is 18.7 Å². The van der Waals surface area contributed by atoms with Crippen LogP contribution < -0.4 is 5.48 Å². The quantitative estimate of drug-likeness (QED) is 0.477. The maximum Gasteiger partial charge on any atom is 0.192 e. The number of ether oxygens (including phenoxy) is 2. The van der Waals surface area contributed by atoms with Gasteiger partial charge in [-0.3, -0.25) is 4.84 Å². The molecule has 2 aliphatic rings. The summed E-state index contributed by atoms with van der Waals surface area (Å²) in [5, 5.41) is 11.2. The van der Waals surface area contributed by atoms with Crippen LogP contribution in [-0.4, -0.2) is 43.9 Å². The first-order chi connectivity index (χ1) is 15.2. The van der Waals surface area contributed by atoms with Crippen LogP contribution in [0, 0.1) is 0 Å². The second-order valence-corrected chi connectivity index (χ2v) is 15.0. The van der Waals surface area contributed by atoms with Crippen LogP contribution in [0.15, 0.2) is 60.7 Å². The number of hydroxylamine groups is 1. The molecule has 32 heavy (non-hydrogen) atoms. The molecule has 1 aliphatic carbocycles. The van der Waals surface area contributed by atoms with E-state index in [0.717, 1.165) is 11.1 Å². The fraction of sp³-hybridized carbons (Fsp3) is 0.520. The van der Waals surface area contributed by atoms with E-state index in [1.54, 1.807) is 0 Å². The number of hydrogen-bond donors (Lipinski definition) is 2. The molecule has 2 fully saturated rings. The Labute approximate surface area is 191 Å². The van der Waals surface area contributed by atoms with E-state index in [9.17, 15) is 5.11 Å². The third-order valence-electron chi connectivity index (χ3n) is 6.88. The average molecular weight is 458 g/mol. The van der Waals surface area contributed by atoms with Gasteiger partial charge in [-0.2, -0.15) is 5.48 Å². The van der Waals surface area contributed by atoms with Crippen molar-refractivity contribution in [3.63, 3.8) is 0 Å². The molecule has 6 nitrogen and oxygen atoms in total. The number of aliphatic hydroxyl groups excluding tert-OH is 1. The maximum atomic E-state index is 11.2. The van der Waals surface area contributed by atoms with Crippen molar-refractivity contribution >= 4 is 8.32 Å². The van der Waals surface area contributed by atoms with E-state index in [1.807, 2.05) is 60.7 Å². The van der Waals surface area contributed by atoms with Crippen LogP contribution >= 0.6 is 0 Å². The lowest BCUT2D eigenvalue weighted by atomic mass is 10.2. The van der Waals surface area contributed by atoms with Crippen molar-refractivity contribution in [1.29, 1.82) is 0 Å². The summed E-state index contributed by atoms with van der Waals surface area (Å²) in [5.41, 5.74) is 5.06. The van der Waals surface area contributed by atoms with Crippen LogP contribution in [0.4, 0.5) is 0 Å². The standard InChI is InChI=1S/C25H35NO5Si/c1-25(2,3)32(4,5)31-21-19(26-28-16-17-12-8-6-9-13-17)20(27)22-23(21)30-24(29-22)18-14-10-7-11-15-18/h6-15,19-24,26-27H,16H2,1-5H3/t19-,20+,21+,22-,23+,24-/m1/s1. The lowest BCUT2D eigenvalue weighted by Crippen LogP contribution is -2.53. The third kappa shape index (κ3) is 4.84.